The van der Waals surface area contributed by atoms with Crippen molar-refractivity contribution >= 4 is 17.6 Å². The first-order valence-electron chi connectivity index (χ1n) is 9.38. The number of nitriles is 1. The minimum Gasteiger partial charge on any atom is -0.481 e. The van der Waals surface area contributed by atoms with Gasteiger partial charge in [-0.3, -0.25) is 4.79 Å². The molecule has 2 aromatic rings. The van der Waals surface area contributed by atoms with Crippen LogP contribution in [0.5, 0.6) is 0 Å². The number of hydrogen-bond donors (Lipinski definition) is 1. The molecule has 1 N–H and O–H groups in total. The molecule has 3 atom stereocenters. The predicted molar refractivity (Wildman–Crippen MR) is 110 cm³/mol. The number of benzene rings is 2. The first kappa shape index (κ1) is 20.9. The molecule has 0 saturated carbocycles. The van der Waals surface area contributed by atoms with Gasteiger partial charge in [0.1, 0.15) is 5.82 Å². The fourth-order valence-electron chi connectivity index (χ4n) is 4.06. The Hall–Kier alpha value is -2.84. The van der Waals surface area contributed by atoms with Gasteiger partial charge in [-0.05, 0) is 43.5 Å². The number of rotatable bonds is 5. The third-order valence-corrected chi connectivity index (χ3v) is 6.27. The van der Waals surface area contributed by atoms with Gasteiger partial charge in [-0.1, -0.05) is 48.0 Å². The van der Waals surface area contributed by atoms with E-state index in [0.717, 1.165) is 18.1 Å². The molecule has 0 fully saturated rings. The van der Waals surface area contributed by atoms with Crippen LogP contribution in [0.1, 0.15) is 30.9 Å². The van der Waals surface area contributed by atoms with Crippen molar-refractivity contribution in [2.75, 3.05) is 6.54 Å². The number of hydrogen-bond acceptors (Lipinski definition) is 3. The first-order chi connectivity index (χ1) is 13.8. The van der Waals surface area contributed by atoms with Gasteiger partial charge < -0.3 is 10.0 Å². The summed E-state index contributed by atoms with van der Waals surface area (Å²) in [5.74, 6) is -2.31. The summed E-state index contributed by atoms with van der Waals surface area (Å²) in [6, 6.07) is 15.5. The normalized spacial score (nSPS) is 24.0. The lowest BCUT2D eigenvalue weighted by Crippen LogP contribution is -2.54. The second kappa shape index (κ2) is 8.26. The van der Waals surface area contributed by atoms with E-state index >= 15 is 0 Å². The average molecular weight is 413 g/mol. The number of allylic oxidation sites excluding steroid dienone is 1. The number of carboxylic acids is 1. The summed E-state index contributed by atoms with van der Waals surface area (Å²) in [7, 11) is 0. The maximum Gasteiger partial charge on any atom is 0.312 e. The predicted octanol–water partition coefficient (Wildman–Crippen LogP) is 5.01. The fraction of sp³-hybridized carbons (Fsp3) is 0.304. The van der Waals surface area contributed by atoms with Gasteiger partial charge in [-0.15, -0.1) is 0 Å². The Kier molecular flexibility index (Phi) is 5.95. The second-order valence-corrected chi connectivity index (χ2v) is 7.94. The van der Waals surface area contributed by atoms with Crippen molar-refractivity contribution in [2.45, 2.75) is 32.2 Å². The van der Waals surface area contributed by atoms with Gasteiger partial charge >= 0.3 is 5.97 Å². The van der Waals surface area contributed by atoms with E-state index in [4.69, 9.17) is 11.6 Å². The zero-order valence-electron chi connectivity index (χ0n) is 16.3. The summed E-state index contributed by atoms with van der Waals surface area (Å²) in [5.41, 5.74) is 0.556. The number of carbonyl (C=O) groups is 1. The van der Waals surface area contributed by atoms with Crippen LogP contribution in [0.25, 0.3) is 0 Å². The molecule has 0 saturated heterocycles. The topological polar surface area (TPSA) is 64.3 Å². The maximum absolute atomic E-state index is 13.6. The molecule has 29 heavy (non-hydrogen) atoms. The van der Waals surface area contributed by atoms with Gasteiger partial charge in [0.05, 0.1) is 17.1 Å². The molecule has 0 spiro atoms. The molecule has 1 heterocycles. The molecule has 150 valence electrons. The number of aliphatic carboxylic acids is 1. The van der Waals surface area contributed by atoms with Gasteiger partial charge in [-0.2, -0.15) is 5.26 Å². The van der Waals surface area contributed by atoms with Crippen LogP contribution in [0.15, 0.2) is 60.3 Å². The average Bonchev–Trinajstić information content (AvgIpc) is 2.70. The maximum atomic E-state index is 13.6. The Morgan fingerprint density at radius 2 is 2.00 bits per heavy atom. The molecule has 6 heteroatoms. The van der Waals surface area contributed by atoms with Crippen LogP contribution in [0.3, 0.4) is 0 Å². The summed E-state index contributed by atoms with van der Waals surface area (Å²) >= 11 is 6.26. The Balaban J connectivity index is 2.04. The van der Waals surface area contributed by atoms with E-state index in [9.17, 15) is 19.6 Å². The van der Waals surface area contributed by atoms with Crippen molar-refractivity contribution in [1.29, 1.82) is 5.26 Å². The smallest absolute Gasteiger partial charge is 0.312 e. The van der Waals surface area contributed by atoms with Gasteiger partial charge in [0.2, 0.25) is 0 Å². The molecule has 3 unspecified atom stereocenters. The quantitative estimate of drug-likeness (QED) is 0.749. The first-order valence-corrected chi connectivity index (χ1v) is 9.76. The van der Waals surface area contributed by atoms with Crippen molar-refractivity contribution in [3.63, 3.8) is 0 Å². The van der Waals surface area contributed by atoms with E-state index in [0.29, 0.717) is 17.7 Å². The van der Waals surface area contributed by atoms with Crippen molar-refractivity contribution in [2.24, 2.45) is 5.41 Å². The molecule has 0 aromatic heterocycles. The minimum absolute atomic E-state index is 0.119. The molecule has 1 aliphatic rings. The highest BCUT2D eigenvalue weighted by atomic mass is 35.5. The summed E-state index contributed by atoms with van der Waals surface area (Å²) in [6.45, 7) is 4.04. The highest BCUT2D eigenvalue weighted by Crippen LogP contribution is 2.50. The van der Waals surface area contributed by atoms with Gasteiger partial charge in [0.15, 0.2) is 0 Å². The molecular formula is C23H22ClFN2O2. The minimum atomic E-state index is -1.32. The van der Waals surface area contributed by atoms with Crippen LogP contribution >= 0.6 is 11.6 Å². The van der Waals surface area contributed by atoms with Crippen LogP contribution < -0.4 is 0 Å². The van der Waals surface area contributed by atoms with E-state index in [1.807, 2.05) is 42.2 Å². The molecule has 0 aliphatic carbocycles. The summed E-state index contributed by atoms with van der Waals surface area (Å²) in [6.07, 6.45) is 2.45. The van der Waals surface area contributed by atoms with Crippen molar-refractivity contribution in [3.05, 3.63) is 82.3 Å². The number of carboxylic acid groups (broad SMARTS) is 1. The molecule has 3 rings (SSSR count). The molecule has 0 radical (unpaired) electrons. The second-order valence-electron chi connectivity index (χ2n) is 7.53. The van der Waals surface area contributed by atoms with Gasteiger partial charge in [0.25, 0.3) is 0 Å². The lowest BCUT2D eigenvalue weighted by atomic mass is 9.64. The highest BCUT2D eigenvalue weighted by molar-refractivity contribution is 6.31. The third kappa shape index (κ3) is 3.86. The van der Waals surface area contributed by atoms with E-state index in [1.165, 1.54) is 12.1 Å². The SMILES string of the molecule is CC1N(CCc2ccccc2)C=C(C#N)C(c2ccc(F)cc2Cl)C1(C)C(=O)O. The van der Waals surface area contributed by atoms with Crippen LogP contribution in [0.2, 0.25) is 5.02 Å². The Labute approximate surface area is 174 Å². The largest absolute Gasteiger partial charge is 0.481 e. The lowest BCUT2D eigenvalue weighted by Gasteiger charge is -2.48. The van der Waals surface area contributed by atoms with Gasteiger partial charge in [0, 0.05) is 29.7 Å². The molecule has 1 aliphatic heterocycles. The van der Waals surface area contributed by atoms with Crippen LogP contribution in [-0.2, 0) is 11.2 Å². The fourth-order valence-corrected chi connectivity index (χ4v) is 4.33. The Bertz CT molecular complexity index is 986. The van der Waals surface area contributed by atoms with Crippen molar-refractivity contribution < 1.29 is 14.3 Å². The summed E-state index contributed by atoms with van der Waals surface area (Å²) in [5, 5.41) is 20.1. The monoisotopic (exact) mass is 412 g/mol. The van der Waals surface area contributed by atoms with Gasteiger partial charge in [-0.25, -0.2) is 4.39 Å². The summed E-state index contributed by atoms with van der Waals surface area (Å²) < 4.78 is 13.6. The molecule has 4 nitrogen and oxygen atoms in total. The van der Waals surface area contributed by atoms with Crippen LogP contribution in [-0.4, -0.2) is 28.6 Å². The van der Waals surface area contributed by atoms with E-state index < -0.39 is 29.2 Å². The number of halogens is 2. The van der Waals surface area contributed by atoms with Crippen molar-refractivity contribution in [1.82, 2.24) is 4.90 Å². The summed E-state index contributed by atoms with van der Waals surface area (Å²) in [4.78, 5) is 14.4. The Morgan fingerprint density at radius 3 is 2.59 bits per heavy atom. The Morgan fingerprint density at radius 1 is 1.31 bits per heavy atom. The van der Waals surface area contributed by atoms with E-state index in [-0.39, 0.29) is 5.02 Å². The molecule has 2 aromatic carbocycles. The molecule has 0 bridgehead atoms. The lowest BCUT2D eigenvalue weighted by molar-refractivity contribution is -0.153. The highest BCUT2D eigenvalue weighted by Gasteiger charge is 2.53. The molecule has 0 amide bonds. The standard InChI is InChI=1S/C23H22ClFN2O2/c1-15-23(2,22(28)29)21(19-9-8-18(25)12-20(19)24)17(13-26)14-27(15)11-10-16-6-4-3-5-7-16/h3-9,12,14-15,21H,10-11H2,1-2H3,(H,28,29). The molecular weight excluding hydrogens is 391 g/mol. The third-order valence-electron chi connectivity index (χ3n) is 5.95. The van der Waals surface area contributed by atoms with E-state index in [1.54, 1.807) is 13.1 Å². The van der Waals surface area contributed by atoms with Crippen LogP contribution in [0, 0.1) is 22.6 Å². The van der Waals surface area contributed by atoms with Crippen molar-refractivity contribution in [3.8, 4) is 6.07 Å². The zero-order valence-corrected chi connectivity index (χ0v) is 17.0. The number of nitrogens with zero attached hydrogens (tertiary/aromatic N) is 2. The van der Waals surface area contributed by atoms with E-state index in [2.05, 4.69) is 6.07 Å². The zero-order chi connectivity index (χ0) is 21.2. The van der Waals surface area contributed by atoms with Crippen LogP contribution in [0.4, 0.5) is 4.39 Å².